The van der Waals surface area contributed by atoms with Crippen molar-refractivity contribution in [3.63, 3.8) is 0 Å². The summed E-state index contributed by atoms with van der Waals surface area (Å²) in [5.41, 5.74) is 0. The van der Waals surface area contributed by atoms with Crippen LogP contribution in [0.25, 0.3) is 0 Å². The maximum atomic E-state index is 12.2. The lowest BCUT2D eigenvalue weighted by molar-refractivity contribution is -0.154. The van der Waals surface area contributed by atoms with Gasteiger partial charge in [-0.25, -0.2) is 0 Å². The molecule has 0 radical (unpaired) electrons. The van der Waals surface area contributed by atoms with Crippen LogP contribution in [0.15, 0.2) is 122 Å². The molecule has 1 unspecified atom stereocenters. The van der Waals surface area contributed by atoms with Crippen molar-refractivity contribution in [1.82, 2.24) is 0 Å². The summed E-state index contributed by atoms with van der Waals surface area (Å²) in [5.74, 6) is -0.250. The number of unbranched alkanes of at least 4 members (excludes halogenated alkanes) is 5. The molecule has 4 heteroatoms. The van der Waals surface area contributed by atoms with E-state index in [1.165, 1.54) is 0 Å². The largest absolute Gasteiger partial charge is 0.457 e. The maximum Gasteiger partial charge on any atom is 0.306 e. The Labute approximate surface area is 301 Å². The summed E-state index contributed by atoms with van der Waals surface area (Å²) in [5, 5.41) is 9.57. The number of esters is 1. The SMILES string of the molecule is CC/C=C\C/C=C\C/C=C\C/C=C\C/C=C\C/C=C\CCCOCC(CO)OC(=O)CCCCCC/C=C\C/C=C\C/C=C\C/C=C\CC. The minimum absolute atomic E-state index is 0.215. The first-order chi connectivity index (χ1) is 24.2. The van der Waals surface area contributed by atoms with Gasteiger partial charge in [0.2, 0.25) is 0 Å². The van der Waals surface area contributed by atoms with Crippen molar-refractivity contribution >= 4 is 5.97 Å². The molecule has 1 atom stereocenters. The maximum absolute atomic E-state index is 12.2. The van der Waals surface area contributed by atoms with Gasteiger partial charge < -0.3 is 14.6 Å². The fourth-order valence-corrected chi connectivity index (χ4v) is 4.51. The van der Waals surface area contributed by atoms with E-state index in [0.717, 1.165) is 109 Å². The molecule has 0 bridgehead atoms. The molecule has 0 spiro atoms. The molecule has 0 aromatic heterocycles. The van der Waals surface area contributed by atoms with Crippen molar-refractivity contribution in [2.45, 2.75) is 136 Å². The van der Waals surface area contributed by atoms with Crippen LogP contribution in [-0.4, -0.2) is 37.0 Å². The highest BCUT2D eigenvalue weighted by Gasteiger charge is 2.13. The smallest absolute Gasteiger partial charge is 0.306 e. The van der Waals surface area contributed by atoms with Gasteiger partial charge in [-0.05, 0) is 96.3 Å². The molecular formula is C45H70O4. The highest BCUT2D eigenvalue weighted by atomic mass is 16.6. The van der Waals surface area contributed by atoms with Crippen LogP contribution in [-0.2, 0) is 14.3 Å². The average molecular weight is 675 g/mol. The Balaban J connectivity index is 3.67. The van der Waals surface area contributed by atoms with E-state index in [1.54, 1.807) is 0 Å². The number of allylic oxidation sites excluding steroid dienone is 20. The van der Waals surface area contributed by atoms with E-state index in [0.29, 0.717) is 13.0 Å². The topological polar surface area (TPSA) is 55.8 Å². The number of hydrogen-bond donors (Lipinski definition) is 1. The van der Waals surface area contributed by atoms with E-state index < -0.39 is 6.10 Å². The van der Waals surface area contributed by atoms with Crippen molar-refractivity contribution in [2.75, 3.05) is 19.8 Å². The first kappa shape index (κ1) is 45.8. The summed E-state index contributed by atoms with van der Waals surface area (Å²) in [6.07, 6.45) is 61.1. The van der Waals surface area contributed by atoms with E-state index in [9.17, 15) is 9.90 Å². The van der Waals surface area contributed by atoms with Crippen LogP contribution < -0.4 is 0 Å². The molecule has 0 saturated heterocycles. The van der Waals surface area contributed by atoms with Gasteiger partial charge in [-0.15, -0.1) is 0 Å². The second-order valence-corrected chi connectivity index (χ2v) is 11.9. The molecule has 274 valence electrons. The molecule has 1 N–H and O–H groups in total. The lowest BCUT2D eigenvalue weighted by Crippen LogP contribution is -2.27. The van der Waals surface area contributed by atoms with E-state index in [2.05, 4.69) is 135 Å². The number of hydrogen-bond acceptors (Lipinski definition) is 4. The van der Waals surface area contributed by atoms with Crippen molar-refractivity contribution in [1.29, 1.82) is 0 Å². The first-order valence-electron chi connectivity index (χ1n) is 19.1. The van der Waals surface area contributed by atoms with E-state index in [4.69, 9.17) is 9.47 Å². The van der Waals surface area contributed by atoms with Gasteiger partial charge in [0.1, 0.15) is 6.10 Å². The van der Waals surface area contributed by atoms with E-state index in [-0.39, 0.29) is 19.2 Å². The molecule has 0 rings (SSSR count). The van der Waals surface area contributed by atoms with Gasteiger partial charge in [-0.3, -0.25) is 4.79 Å². The lowest BCUT2D eigenvalue weighted by atomic mass is 10.1. The van der Waals surface area contributed by atoms with Crippen LogP contribution in [0.5, 0.6) is 0 Å². The van der Waals surface area contributed by atoms with Crippen LogP contribution in [0.3, 0.4) is 0 Å². The molecule has 0 aliphatic carbocycles. The molecular weight excluding hydrogens is 604 g/mol. The minimum atomic E-state index is -0.587. The Kier molecular flexibility index (Phi) is 38.3. The Morgan fingerprint density at radius 3 is 1.27 bits per heavy atom. The summed E-state index contributed by atoms with van der Waals surface area (Å²) < 4.78 is 11.0. The van der Waals surface area contributed by atoms with E-state index >= 15 is 0 Å². The zero-order valence-corrected chi connectivity index (χ0v) is 31.1. The lowest BCUT2D eigenvalue weighted by Gasteiger charge is -2.15. The second-order valence-electron chi connectivity index (χ2n) is 11.9. The summed E-state index contributed by atoms with van der Waals surface area (Å²) in [4.78, 5) is 12.2. The van der Waals surface area contributed by atoms with Crippen LogP contribution >= 0.6 is 0 Å². The Morgan fingerprint density at radius 1 is 0.490 bits per heavy atom. The van der Waals surface area contributed by atoms with Crippen LogP contribution in [0.2, 0.25) is 0 Å². The summed E-state index contributed by atoms with van der Waals surface area (Å²) in [7, 11) is 0. The third kappa shape index (κ3) is 39.1. The molecule has 4 nitrogen and oxygen atoms in total. The second kappa shape index (κ2) is 41.0. The molecule has 0 aromatic carbocycles. The monoisotopic (exact) mass is 675 g/mol. The Bertz CT molecular complexity index is 1020. The number of aliphatic hydroxyl groups is 1. The van der Waals surface area contributed by atoms with Gasteiger partial charge in [-0.2, -0.15) is 0 Å². The summed E-state index contributed by atoms with van der Waals surface area (Å²) in [6.45, 7) is 4.91. The fourth-order valence-electron chi connectivity index (χ4n) is 4.51. The van der Waals surface area contributed by atoms with Gasteiger partial charge in [-0.1, -0.05) is 148 Å². The molecule has 0 aromatic rings. The van der Waals surface area contributed by atoms with Gasteiger partial charge in [0.05, 0.1) is 13.2 Å². The summed E-state index contributed by atoms with van der Waals surface area (Å²) >= 11 is 0. The Hall–Kier alpha value is -3.21. The van der Waals surface area contributed by atoms with Crippen molar-refractivity contribution in [2.24, 2.45) is 0 Å². The summed E-state index contributed by atoms with van der Waals surface area (Å²) in [6, 6.07) is 0. The zero-order valence-electron chi connectivity index (χ0n) is 31.1. The Morgan fingerprint density at radius 2 is 0.857 bits per heavy atom. The third-order valence-corrected chi connectivity index (χ3v) is 7.28. The number of rotatable bonds is 33. The molecule has 0 aliphatic rings. The zero-order chi connectivity index (χ0) is 35.6. The van der Waals surface area contributed by atoms with Crippen molar-refractivity contribution in [3.05, 3.63) is 122 Å². The normalized spacial score (nSPS) is 13.8. The van der Waals surface area contributed by atoms with Crippen molar-refractivity contribution in [3.8, 4) is 0 Å². The van der Waals surface area contributed by atoms with Gasteiger partial charge in [0.25, 0.3) is 0 Å². The predicted octanol–water partition coefficient (Wildman–Crippen LogP) is 12.5. The highest BCUT2D eigenvalue weighted by molar-refractivity contribution is 5.69. The fraction of sp³-hybridized carbons (Fsp3) is 0.533. The van der Waals surface area contributed by atoms with Crippen LogP contribution in [0.1, 0.15) is 129 Å². The molecule has 0 heterocycles. The molecule has 0 amide bonds. The van der Waals surface area contributed by atoms with E-state index in [1.807, 2.05) is 0 Å². The minimum Gasteiger partial charge on any atom is -0.457 e. The third-order valence-electron chi connectivity index (χ3n) is 7.28. The number of carbonyl (C=O) groups is 1. The average Bonchev–Trinajstić information content (AvgIpc) is 3.11. The number of aliphatic hydroxyl groups excluding tert-OH is 1. The predicted molar refractivity (Wildman–Crippen MR) is 214 cm³/mol. The number of carbonyl (C=O) groups excluding carboxylic acids is 1. The van der Waals surface area contributed by atoms with Gasteiger partial charge in [0.15, 0.2) is 0 Å². The van der Waals surface area contributed by atoms with Crippen LogP contribution in [0.4, 0.5) is 0 Å². The molecule has 49 heavy (non-hydrogen) atoms. The molecule has 0 aliphatic heterocycles. The standard InChI is InChI=1S/C45H70O4/c1-3-5-7-9-11-13-15-17-19-21-22-23-25-27-29-31-33-35-37-39-41-48-43-44(42-46)49-45(47)40-38-36-34-32-30-28-26-24-20-18-16-14-12-10-8-6-4-2/h5-8,11-14,17-20,22-23,26-29,33,35,44,46H,3-4,9-10,15-16,21,24-25,30-32,34,36-43H2,1-2H3/b7-5-,8-6-,13-11-,14-12-,19-17-,20-18-,23-22-,28-26-,29-27-,35-33-. The molecule has 0 fully saturated rings. The highest BCUT2D eigenvalue weighted by Crippen LogP contribution is 2.08. The molecule has 0 saturated carbocycles. The van der Waals surface area contributed by atoms with Crippen molar-refractivity contribution < 1.29 is 19.4 Å². The first-order valence-corrected chi connectivity index (χ1v) is 19.1. The van der Waals surface area contributed by atoms with Gasteiger partial charge in [0, 0.05) is 13.0 Å². The quantitative estimate of drug-likeness (QED) is 0.0428. The van der Waals surface area contributed by atoms with Gasteiger partial charge >= 0.3 is 5.97 Å². The number of ether oxygens (including phenoxy) is 2. The van der Waals surface area contributed by atoms with Crippen LogP contribution in [0, 0.1) is 0 Å².